The van der Waals surface area contributed by atoms with E-state index in [1.807, 2.05) is 6.07 Å². The van der Waals surface area contributed by atoms with E-state index in [2.05, 4.69) is 5.32 Å². The van der Waals surface area contributed by atoms with Crippen LogP contribution in [0.4, 0.5) is 5.69 Å². The summed E-state index contributed by atoms with van der Waals surface area (Å²) in [6, 6.07) is 9.45. The molecule has 0 aromatic heterocycles. The van der Waals surface area contributed by atoms with Crippen LogP contribution >= 0.6 is 0 Å². The van der Waals surface area contributed by atoms with Crippen molar-refractivity contribution in [2.75, 3.05) is 26.6 Å². The van der Waals surface area contributed by atoms with Gasteiger partial charge < -0.3 is 23.7 Å². The molecule has 0 fully saturated rings. The van der Waals surface area contributed by atoms with Crippen molar-refractivity contribution >= 4 is 26.4 Å². The summed E-state index contributed by atoms with van der Waals surface area (Å²) in [4.78, 5) is 23.4. The van der Waals surface area contributed by atoms with Crippen molar-refractivity contribution in [2.24, 2.45) is 5.92 Å². The SMILES string of the molecule is CO[Si](CCCC(CC(=O)Nc1ccccc1)C(=O)O)(OC)OC. The van der Waals surface area contributed by atoms with Crippen molar-refractivity contribution < 1.29 is 28.0 Å². The van der Waals surface area contributed by atoms with Crippen molar-refractivity contribution in [3.8, 4) is 0 Å². The summed E-state index contributed by atoms with van der Waals surface area (Å²) < 4.78 is 15.9. The number of anilines is 1. The van der Waals surface area contributed by atoms with Gasteiger partial charge in [0.25, 0.3) is 0 Å². The molecule has 8 heteroatoms. The Labute approximate surface area is 143 Å². The molecule has 134 valence electrons. The molecule has 7 nitrogen and oxygen atoms in total. The lowest BCUT2D eigenvalue weighted by molar-refractivity contribution is -0.143. The fourth-order valence-electron chi connectivity index (χ4n) is 2.39. The van der Waals surface area contributed by atoms with Gasteiger partial charge in [0.15, 0.2) is 0 Å². The highest BCUT2D eigenvalue weighted by Crippen LogP contribution is 2.21. The van der Waals surface area contributed by atoms with Crippen molar-refractivity contribution in [1.29, 1.82) is 0 Å². The fraction of sp³-hybridized carbons (Fsp3) is 0.500. The number of carbonyl (C=O) groups excluding carboxylic acids is 1. The first-order valence-corrected chi connectivity index (χ1v) is 9.62. The first-order chi connectivity index (χ1) is 11.5. The molecular weight excluding hydrogens is 330 g/mol. The molecule has 24 heavy (non-hydrogen) atoms. The lowest BCUT2D eigenvalue weighted by Gasteiger charge is -2.24. The molecule has 1 aromatic carbocycles. The van der Waals surface area contributed by atoms with Gasteiger partial charge in [-0.05, 0) is 25.0 Å². The van der Waals surface area contributed by atoms with E-state index >= 15 is 0 Å². The highest BCUT2D eigenvalue weighted by Gasteiger charge is 2.37. The molecule has 0 aliphatic rings. The van der Waals surface area contributed by atoms with Gasteiger partial charge in [0.1, 0.15) is 0 Å². The number of hydrogen-bond acceptors (Lipinski definition) is 5. The molecule has 2 N–H and O–H groups in total. The maximum Gasteiger partial charge on any atom is 0.500 e. The zero-order valence-electron chi connectivity index (χ0n) is 14.3. The van der Waals surface area contributed by atoms with Crippen LogP contribution in [0.3, 0.4) is 0 Å². The monoisotopic (exact) mass is 355 g/mol. The van der Waals surface area contributed by atoms with E-state index in [1.165, 1.54) is 21.3 Å². The predicted octanol–water partition coefficient (Wildman–Crippen LogP) is 2.37. The number of nitrogens with one attached hydrogen (secondary N) is 1. The van der Waals surface area contributed by atoms with E-state index < -0.39 is 20.7 Å². The Bertz CT molecular complexity index is 512. The minimum Gasteiger partial charge on any atom is -0.481 e. The fourth-order valence-corrected chi connectivity index (χ4v) is 4.14. The third-order valence-corrected chi connectivity index (χ3v) is 6.64. The normalized spacial score (nSPS) is 12.6. The smallest absolute Gasteiger partial charge is 0.481 e. The van der Waals surface area contributed by atoms with Gasteiger partial charge >= 0.3 is 14.8 Å². The average Bonchev–Trinajstić information content (AvgIpc) is 2.59. The number of benzene rings is 1. The quantitative estimate of drug-likeness (QED) is 0.592. The largest absolute Gasteiger partial charge is 0.500 e. The van der Waals surface area contributed by atoms with Gasteiger partial charge in [0.05, 0.1) is 5.92 Å². The van der Waals surface area contributed by atoms with Crippen molar-refractivity contribution in [3.05, 3.63) is 30.3 Å². The maximum atomic E-state index is 12.0. The minimum atomic E-state index is -2.71. The Morgan fingerprint density at radius 2 is 1.71 bits per heavy atom. The number of carboxylic acid groups (broad SMARTS) is 1. The van der Waals surface area contributed by atoms with E-state index in [1.54, 1.807) is 24.3 Å². The summed E-state index contributed by atoms with van der Waals surface area (Å²) in [7, 11) is 1.83. The van der Waals surface area contributed by atoms with Crippen LogP contribution in [0.5, 0.6) is 0 Å². The third kappa shape index (κ3) is 6.40. The average molecular weight is 355 g/mol. The van der Waals surface area contributed by atoms with Crippen LogP contribution in [-0.4, -0.2) is 47.1 Å². The van der Waals surface area contributed by atoms with Gasteiger partial charge in [-0.2, -0.15) is 0 Å². The van der Waals surface area contributed by atoms with Crippen LogP contribution in [0.2, 0.25) is 6.04 Å². The lowest BCUT2D eigenvalue weighted by Crippen LogP contribution is -2.42. The van der Waals surface area contributed by atoms with E-state index in [4.69, 9.17) is 13.3 Å². The van der Waals surface area contributed by atoms with Gasteiger partial charge in [-0.15, -0.1) is 0 Å². The van der Waals surface area contributed by atoms with Crippen LogP contribution in [-0.2, 0) is 22.9 Å². The standard InChI is InChI=1S/C16H25NO6Si/c1-21-24(22-2,23-3)11-7-8-13(16(19)20)12-15(18)17-14-9-5-4-6-10-14/h4-6,9-10,13H,7-8,11-12H2,1-3H3,(H,17,18)(H,19,20). The van der Waals surface area contributed by atoms with Crippen LogP contribution in [0.1, 0.15) is 19.3 Å². The number of para-hydroxylation sites is 1. The zero-order chi connectivity index (χ0) is 18.0. The maximum absolute atomic E-state index is 12.0. The molecule has 0 saturated heterocycles. The van der Waals surface area contributed by atoms with E-state index in [9.17, 15) is 14.7 Å². The van der Waals surface area contributed by atoms with Gasteiger partial charge in [-0.25, -0.2) is 0 Å². The van der Waals surface area contributed by atoms with Gasteiger partial charge in [-0.1, -0.05) is 18.2 Å². The van der Waals surface area contributed by atoms with E-state index in [0.29, 0.717) is 24.6 Å². The topological polar surface area (TPSA) is 94.1 Å². The molecule has 1 rings (SSSR count). The minimum absolute atomic E-state index is 0.0776. The van der Waals surface area contributed by atoms with Crippen molar-refractivity contribution in [1.82, 2.24) is 0 Å². The summed E-state index contributed by atoms with van der Waals surface area (Å²) in [6.07, 6.45) is 0.811. The number of hydrogen-bond donors (Lipinski definition) is 2. The molecule has 0 radical (unpaired) electrons. The lowest BCUT2D eigenvalue weighted by atomic mass is 9.99. The number of carbonyl (C=O) groups is 2. The van der Waals surface area contributed by atoms with Gasteiger partial charge in [0, 0.05) is 39.5 Å². The summed E-state index contributed by atoms with van der Waals surface area (Å²) in [5.74, 6) is -2.06. The van der Waals surface area contributed by atoms with Crippen LogP contribution < -0.4 is 5.32 Å². The van der Waals surface area contributed by atoms with Gasteiger partial charge in [0.2, 0.25) is 5.91 Å². The Hall–Kier alpha value is -1.74. The second-order valence-electron chi connectivity index (χ2n) is 5.34. The second kappa shape index (κ2) is 10.2. The van der Waals surface area contributed by atoms with Crippen molar-refractivity contribution in [3.63, 3.8) is 0 Å². The molecule has 1 aromatic rings. The molecule has 0 bridgehead atoms. The summed E-state index contributed by atoms with van der Waals surface area (Å²) in [5.41, 5.74) is 0.649. The Kier molecular flexibility index (Phi) is 8.62. The number of carboxylic acids is 1. The molecule has 0 aliphatic heterocycles. The van der Waals surface area contributed by atoms with Crippen LogP contribution in [0.25, 0.3) is 0 Å². The summed E-state index contributed by atoms with van der Waals surface area (Å²) in [6.45, 7) is 0. The Morgan fingerprint density at radius 1 is 1.12 bits per heavy atom. The second-order valence-corrected chi connectivity index (χ2v) is 8.43. The van der Waals surface area contributed by atoms with Gasteiger partial charge in [-0.3, -0.25) is 9.59 Å². The van der Waals surface area contributed by atoms with E-state index in [0.717, 1.165) is 0 Å². The zero-order valence-corrected chi connectivity index (χ0v) is 15.3. The highest BCUT2D eigenvalue weighted by molar-refractivity contribution is 6.60. The van der Waals surface area contributed by atoms with Crippen molar-refractivity contribution in [2.45, 2.75) is 25.3 Å². The molecule has 0 heterocycles. The Balaban J connectivity index is 2.52. The molecule has 0 aliphatic carbocycles. The first kappa shape index (κ1) is 20.3. The number of rotatable bonds is 11. The summed E-state index contributed by atoms with van der Waals surface area (Å²) in [5, 5.41) is 12.0. The molecule has 1 atom stereocenters. The molecule has 0 saturated carbocycles. The summed E-state index contributed by atoms with van der Waals surface area (Å²) >= 11 is 0. The highest BCUT2D eigenvalue weighted by atomic mass is 28.4. The molecule has 1 unspecified atom stereocenters. The predicted molar refractivity (Wildman–Crippen MR) is 91.6 cm³/mol. The van der Waals surface area contributed by atoms with Crippen LogP contribution in [0.15, 0.2) is 30.3 Å². The number of aliphatic carboxylic acids is 1. The van der Waals surface area contributed by atoms with E-state index in [-0.39, 0.29) is 12.3 Å². The van der Waals surface area contributed by atoms with Crippen LogP contribution in [0, 0.1) is 5.92 Å². The molecule has 1 amide bonds. The number of amides is 1. The Morgan fingerprint density at radius 3 is 2.21 bits per heavy atom. The first-order valence-electron chi connectivity index (χ1n) is 7.69. The third-order valence-electron chi connectivity index (χ3n) is 3.81. The molecular formula is C16H25NO6Si. The molecule has 0 spiro atoms.